The highest BCUT2D eigenvalue weighted by Gasteiger charge is 2.19. The van der Waals surface area contributed by atoms with Crippen LogP contribution in [0.3, 0.4) is 0 Å². The molecule has 1 fully saturated rings. The number of rotatable bonds is 1. The first-order valence-corrected chi connectivity index (χ1v) is 5.47. The van der Waals surface area contributed by atoms with E-state index in [4.69, 9.17) is 11.6 Å². The highest BCUT2D eigenvalue weighted by Crippen LogP contribution is 2.32. The van der Waals surface area contributed by atoms with Crippen molar-refractivity contribution in [1.82, 2.24) is 10.3 Å². The van der Waals surface area contributed by atoms with E-state index in [1.165, 1.54) is 24.0 Å². The highest BCUT2D eigenvalue weighted by atomic mass is 35.5. The third kappa shape index (κ3) is 1.91. The first-order valence-electron chi connectivity index (χ1n) is 5.10. The molecule has 1 aliphatic rings. The summed E-state index contributed by atoms with van der Waals surface area (Å²) in [6.45, 7) is 4.29. The molecule has 0 aromatic carbocycles. The van der Waals surface area contributed by atoms with Gasteiger partial charge in [-0.15, -0.1) is 0 Å². The molecule has 1 saturated heterocycles. The Kier molecular flexibility index (Phi) is 3.04. The van der Waals surface area contributed by atoms with E-state index in [1.807, 2.05) is 6.20 Å². The molecule has 0 atom stereocenters. The van der Waals surface area contributed by atoms with Crippen LogP contribution in [0.2, 0.25) is 5.02 Å². The first kappa shape index (κ1) is 9.94. The molecule has 0 bridgehead atoms. The lowest BCUT2D eigenvalue weighted by Crippen LogP contribution is -2.27. The van der Waals surface area contributed by atoms with Crippen LogP contribution in [0.1, 0.15) is 29.9 Å². The number of nitrogens with one attached hydrogen (secondary N) is 1. The summed E-state index contributed by atoms with van der Waals surface area (Å²) in [5.74, 6) is 0.617. The summed E-state index contributed by atoms with van der Waals surface area (Å²) in [6.07, 6.45) is 6.03. The van der Waals surface area contributed by atoms with E-state index in [1.54, 1.807) is 6.20 Å². The van der Waals surface area contributed by atoms with Crippen molar-refractivity contribution in [3.8, 4) is 0 Å². The normalized spacial score (nSPS) is 18.4. The number of aryl methyl sites for hydroxylation is 1. The van der Waals surface area contributed by atoms with Gasteiger partial charge in [0.2, 0.25) is 0 Å². The molecule has 0 spiro atoms. The summed E-state index contributed by atoms with van der Waals surface area (Å²) in [7, 11) is 0. The zero-order chi connectivity index (χ0) is 9.97. The van der Waals surface area contributed by atoms with Gasteiger partial charge in [0.1, 0.15) is 0 Å². The summed E-state index contributed by atoms with van der Waals surface area (Å²) in [5, 5.41) is 4.20. The molecule has 3 heteroatoms. The van der Waals surface area contributed by atoms with Crippen LogP contribution in [0.15, 0.2) is 12.4 Å². The standard InChI is InChI=1S/C11H15ClN2/c1-8-6-14-7-10(12)11(8)9-2-4-13-5-3-9/h6-7,9,13H,2-5H2,1H3. The fourth-order valence-corrected chi connectivity index (χ4v) is 2.53. The SMILES string of the molecule is Cc1cncc(Cl)c1C1CCNCC1. The minimum atomic E-state index is 0.617. The van der Waals surface area contributed by atoms with Gasteiger partial charge in [-0.05, 0) is 49.9 Å². The van der Waals surface area contributed by atoms with Gasteiger partial charge in [0.25, 0.3) is 0 Å². The van der Waals surface area contributed by atoms with E-state index >= 15 is 0 Å². The van der Waals surface area contributed by atoms with Crippen LogP contribution in [0.25, 0.3) is 0 Å². The minimum absolute atomic E-state index is 0.617. The molecule has 1 aromatic rings. The summed E-state index contributed by atoms with van der Waals surface area (Å²) in [4.78, 5) is 4.09. The average molecular weight is 211 g/mol. The van der Waals surface area contributed by atoms with Gasteiger partial charge in [-0.25, -0.2) is 0 Å². The van der Waals surface area contributed by atoms with Crippen molar-refractivity contribution in [3.63, 3.8) is 0 Å². The molecule has 0 aliphatic carbocycles. The molecule has 76 valence electrons. The number of halogens is 1. The molecule has 2 heterocycles. The fourth-order valence-electron chi connectivity index (χ4n) is 2.17. The van der Waals surface area contributed by atoms with Crippen LogP contribution >= 0.6 is 11.6 Å². The number of hydrogen-bond acceptors (Lipinski definition) is 2. The van der Waals surface area contributed by atoms with Gasteiger partial charge >= 0.3 is 0 Å². The average Bonchev–Trinajstić information content (AvgIpc) is 2.19. The van der Waals surface area contributed by atoms with Gasteiger partial charge in [0.15, 0.2) is 0 Å². The number of piperidine rings is 1. The van der Waals surface area contributed by atoms with Crippen LogP contribution in [0.4, 0.5) is 0 Å². The maximum atomic E-state index is 6.18. The Morgan fingerprint density at radius 1 is 1.36 bits per heavy atom. The molecule has 14 heavy (non-hydrogen) atoms. The van der Waals surface area contributed by atoms with Gasteiger partial charge in [-0.1, -0.05) is 11.6 Å². The molecule has 1 N–H and O–H groups in total. The summed E-state index contributed by atoms with van der Waals surface area (Å²) >= 11 is 6.18. The van der Waals surface area contributed by atoms with E-state index < -0.39 is 0 Å². The van der Waals surface area contributed by atoms with Gasteiger partial charge < -0.3 is 5.32 Å². The van der Waals surface area contributed by atoms with Gasteiger partial charge in [-0.2, -0.15) is 0 Å². The molecular weight excluding hydrogens is 196 g/mol. The van der Waals surface area contributed by atoms with Gasteiger partial charge in [-0.3, -0.25) is 4.98 Å². The predicted molar refractivity (Wildman–Crippen MR) is 58.8 cm³/mol. The predicted octanol–water partition coefficient (Wildman–Crippen LogP) is 2.51. The van der Waals surface area contributed by atoms with Crippen LogP contribution < -0.4 is 5.32 Å². The Bertz CT molecular complexity index is 299. The largest absolute Gasteiger partial charge is 0.317 e. The molecule has 1 aliphatic heterocycles. The Hall–Kier alpha value is -0.600. The van der Waals surface area contributed by atoms with Crippen LogP contribution in [-0.4, -0.2) is 18.1 Å². The zero-order valence-corrected chi connectivity index (χ0v) is 9.14. The van der Waals surface area contributed by atoms with Crippen molar-refractivity contribution in [2.75, 3.05) is 13.1 Å². The van der Waals surface area contributed by atoms with Crippen LogP contribution in [0.5, 0.6) is 0 Å². The number of hydrogen-bond donors (Lipinski definition) is 1. The van der Waals surface area contributed by atoms with E-state index in [9.17, 15) is 0 Å². The number of pyridine rings is 1. The van der Waals surface area contributed by atoms with Crippen molar-refractivity contribution in [1.29, 1.82) is 0 Å². The van der Waals surface area contributed by atoms with Crippen molar-refractivity contribution < 1.29 is 0 Å². The molecule has 0 unspecified atom stereocenters. The van der Waals surface area contributed by atoms with Crippen molar-refractivity contribution >= 4 is 11.6 Å². The third-order valence-electron chi connectivity index (χ3n) is 2.89. The zero-order valence-electron chi connectivity index (χ0n) is 8.39. The second-order valence-electron chi connectivity index (χ2n) is 3.88. The Balaban J connectivity index is 2.29. The van der Waals surface area contributed by atoms with Gasteiger partial charge in [0, 0.05) is 12.4 Å². The van der Waals surface area contributed by atoms with Crippen LogP contribution in [0, 0.1) is 6.92 Å². The minimum Gasteiger partial charge on any atom is -0.317 e. The lowest BCUT2D eigenvalue weighted by Gasteiger charge is -2.25. The van der Waals surface area contributed by atoms with E-state index in [0.717, 1.165) is 18.1 Å². The van der Waals surface area contributed by atoms with Gasteiger partial charge in [0.05, 0.1) is 5.02 Å². The Morgan fingerprint density at radius 2 is 2.07 bits per heavy atom. The Morgan fingerprint density at radius 3 is 2.71 bits per heavy atom. The summed E-state index contributed by atoms with van der Waals surface area (Å²) in [6, 6.07) is 0. The van der Waals surface area contributed by atoms with Crippen molar-refractivity contribution in [2.24, 2.45) is 0 Å². The maximum Gasteiger partial charge on any atom is 0.0626 e. The topological polar surface area (TPSA) is 24.9 Å². The molecule has 0 amide bonds. The first-order chi connectivity index (χ1) is 6.79. The third-order valence-corrected chi connectivity index (χ3v) is 3.19. The number of aromatic nitrogens is 1. The Labute approximate surface area is 89.7 Å². The van der Waals surface area contributed by atoms with E-state index in [2.05, 4.69) is 17.2 Å². The van der Waals surface area contributed by atoms with E-state index in [0.29, 0.717) is 5.92 Å². The molecule has 0 saturated carbocycles. The van der Waals surface area contributed by atoms with E-state index in [-0.39, 0.29) is 0 Å². The number of nitrogens with zero attached hydrogens (tertiary/aromatic N) is 1. The highest BCUT2D eigenvalue weighted by molar-refractivity contribution is 6.31. The van der Waals surface area contributed by atoms with Crippen molar-refractivity contribution in [2.45, 2.75) is 25.7 Å². The van der Waals surface area contributed by atoms with Crippen molar-refractivity contribution in [3.05, 3.63) is 28.5 Å². The molecule has 2 rings (SSSR count). The lowest BCUT2D eigenvalue weighted by molar-refractivity contribution is 0.459. The maximum absolute atomic E-state index is 6.18. The summed E-state index contributed by atoms with van der Waals surface area (Å²) < 4.78 is 0. The monoisotopic (exact) mass is 210 g/mol. The molecule has 0 radical (unpaired) electrons. The smallest absolute Gasteiger partial charge is 0.0626 e. The quantitative estimate of drug-likeness (QED) is 0.771. The second-order valence-corrected chi connectivity index (χ2v) is 4.28. The van der Waals surface area contributed by atoms with Crippen LogP contribution in [-0.2, 0) is 0 Å². The molecule has 1 aromatic heterocycles. The lowest BCUT2D eigenvalue weighted by atomic mass is 9.88. The summed E-state index contributed by atoms with van der Waals surface area (Å²) in [5.41, 5.74) is 2.53. The molecular formula is C11H15ClN2. The fraction of sp³-hybridized carbons (Fsp3) is 0.545. The molecule has 2 nitrogen and oxygen atoms in total. The second kappa shape index (κ2) is 4.28.